The molecule has 1 aliphatic heterocycles. The standard InChI is InChI=1S/C14H23N3OS/c1-14(2,11-19)10-17-13(18)8-12(9-15-17)16-6-4-3-5-7-16/h8-9,19H,3-7,10-11H2,1-2H3. The number of hydrogen-bond donors (Lipinski definition) is 1. The molecular weight excluding hydrogens is 258 g/mol. The number of nitrogens with zero attached hydrogens (tertiary/aromatic N) is 3. The molecule has 1 aromatic heterocycles. The van der Waals surface area contributed by atoms with E-state index in [0.29, 0.717) is 6.54 Å². The normalized spacial score (nSPS) is 16.7. The van der Waals surface area contributed by atoms with Gasteiger partial charge < -0.3 is 4.90 Å². The van der Waals surface area contributed by atoms with Crippen LogP contribution in [0.15, 0.2) is 17.1 Å². The molecule has 0 aromatic carbocycles. The number of hydrogen-bond acceptors (Lipinski definition) is 4. The van der Waals surface area contributed by atoms with E-state index in [9.17, 15) is 4.79 Å². The summed E-state index contributed by atoms with van der Waals surface area (Å²) in [6, 6.07) is 1.72. The van der Waals surface area contributed by atoms with E-state index in [0.717, 1.165) is 24.5 Å². The Labute approximate surface area is 120 Å². The second-order valence-corrected chi connectivity index (χ2v) is 6.40. The molecule has 0 bridgehead atoms. The van der Waals surface area contributed by atoms with Crippen molar-refractivity contribution in [3.8, 4) is 0 Å². The Bertz CT molecular complexity index is 478. The first-order valence-corrected chi connectivity index (χ1v) is 7.58. The molecule has 0 saturated carbocycles. The smallest absolute Gasteiger partial charge is 0.268 e. The lowest BCUT2D eigenvalue weighted by molar-refractivity contribution is 0.325. The molecule has 106 valence electrons. The van der Waals surface area contributed by atoms with Gasteiger partial charge in [0.05, 0.1) is 18.4 Å². The maximum absolute atomic E-state index is 12.1. The summed E-state index contributed by atoms with van der Waals surface area (Å²) in [6.07, 6.45) is 5.52. The first-order valence-electron chi connectivity index (χ1n) is 6.95. The van der Waals surface area contributed by atoms with Crippen molar-refractivity contribution in [3.05, 3.63) is 22.6 Å². The topological polar surface area (TPSA) is 38.1 Å². The first-order chi connectivity index (χ1) is 9.02. The van der Waals surface area contributed by atoms with Crippen LogP contribution < -0.4 is 10.5 Å². The van der Waals surface area contributed by atoms with Crippen molar-refractivity contribution >= 4 is 18.3 Å². The Morgan fingerprint density at radius 2 is 2.00 bits per heavy atom. The SMILES string of the molecule is CC(C)(CS)Cn1ncc(N2CCCCC2)cc1=O. The van der Waals surface area contributed by atoms with Gasteiger partial charge in [0.1, 0.15) is 0 Å². The molecule has 1 saturated heterocycles. The molecule has 1 aliphatic rings. The van der Waals surface area contributed by atoms with Crippen LogP contribution in [0.1, 0.15) is 33.1 Å². The van der Waals surface area contributed by atoms with Gasteiger partial charge in [-0.15, -0.1) is 0 Å². The summed E-state index contributed by atoms with van der Waals surface area (Å²) in [6.45, 7) is 6.86. The maximum Gasteiger partial charge on any atom is 0.268 e. The second-order valence-electron chi connectivity index (χ2n) is 6.08. The largest absolute Gasteiger partial charge is 0.370 e. The molecule has 0 spiro atoms. The lowest BCUT2D eigenvalue weighted by Crippen LogP contribution is -2.34. The van der Waals surface area contributed by atoms with E-state index >= 15 is 0 Å². The predicted octanol–water partition coefficient (Wildman–Crippen LogP) is 2.19. The summed E-state index contributed by atoms with van der Waals surface area (Å²) in [5, 5.41) is 4.32. The van der Waals surface area contributed by atoms with Crippen LogP contribution >= 0.6 is 12.6 Å². The van der Waals surface area contributed by atoms with Crippen LogP contribution in [0.5, 0.6) is 0 Å². The van der Waals surface area contributed by atoms with E-state index in [1.54, 1.807) is 10.7 Å². The molecule has 2 heterocycles. The van der Waals surface area contributed by atoms with Gasteiger partial charge in [0, 0.05) is 19.2 Å². The lowest BCUT2D eigenvalue weighted by Gasteiger charge is -2.28. The summed E-state index contributed by atoms with van der Waals surface area (Å²) in [4.78, 5) is 14.4. The quantitative estimate of drug-likeness (QED) is 0.860. The molecule has 0 radical (unpaired) electrons. The van der Waals surface area contributed by atoms with Crippen LogP contribution in [0.4, 0.5) is 5.69 Å². The Morgan fingerprint density at radius 3 is 2.58 bits per heavy atom. The highest BCUT2D eigenvalue weighted by Gasteiger charge is 2.18. The van der Waals surface area contributed by atoms with E-state index in [-0.39, 0.29) is 11.0 Å². The number of piperidine rings is 1. The van der Waals surface area contributed by atoms with Gasteiger partial charge in [-0.25, -0.2) is 4.68 Å². The zero-order valence-electron chi connectivity index (χ0n) is 11.8. The van der Waals surface area contributed by atoms with Crippen LogP contribution in [-0.2, 0) is 6.54 Å². The molecule has 19 heavy (non-hydrogen) atoms. The van der Waals surface area contributed by atoms with E-state index in [1.165, 1.54) is 19.3 Å². The molecule has 0 atom stereocenters. The van der Waals surface area contributed by atoms with Gasteiger partial charge in [0.25, 0.3) is 5.56 Å². The van der Waals surface area contributed by atoms with Gasteiger partial charge in [-0.05, 0) is 30.4 Å². The summed E-state index contributed by atoms with van der Waals surface area (Å²) >= 11 is 4.32. The van der Waals surface area contributed by atoms with Crippen LogP contribution in [-0.4, -0.2) is 28.6 Å². The third-order valence-electron chi connectivity index (χ3n) is 3.58. The molecule has 5 heteroatoms. The predicted molar refractivity (Wildman–Crippen MR) is 82.2 cm³/mol. The van der Waals surface area contributed by atoms with Crippen molar-refractivity contribution in [3.63, 3.8) is 0 Å². The number of anilines is 1. The maximum atomic E-state index is 12.1. The highest BCUT2D eigenvalue weighted by molar-refractivity contribution is 7.80. The van der Waals surface area contributed by atoms with Gasteiger partial charge in [-0.2, -0.15) is 17.7 Å². The molecule has 1 aromatic rings. The molecule has 4 nitrogen and oxygen atoms in total. The summed E-state index contributed by atoms with van der Waals surface area (Å²) in [5.74, 6) is 0.731. The van der Waals surface area contributed by atoms with Crippen LogP contribution in [0.25, 0.3) is 0 Å². The average molecular weight is 281 g/mol. The molecule has 0 unspecified atom stereocenters. The molecule has 0 aliphatic carbocycles. The van der Waals surface area contributed by atoms with Crippen molar-refractivity contribution < 1.29 is 0 Å². The molecule has 0 N–H and O–H groups in total. The monoisotopic (exact) mass is 281 g/mol. The zero-order chi connectivity index (χ0) is 13.9. The zero-order valence-corrected chi connectivity index (χ0v) is 12.7. The van der Waals surface area contributed by atoms with E-state index in [4.69, 9.17) is 0 Å². The van der Waals surface area contributed by atoms with Crippen LogP contribution in [0.2, 0.25) is 0 Å². The van der Waals surface area contributed by atoms with Gasteiger partial charge in [0.15, 0.2) is 0 Å². The highest BCUT2D eigenvalue weighted by Crippen LogP contribution is 2.19. The molecule has 2 rings (SSSR count). The Balaban J connectivity index is 2.15. The van der Waals surface area contributed by atoms with Crippen LogP contribution in [0.3, 0.4) is 0 Å². The molecule has 1 fully saturated rings. The Hall–Kier alpha value is -0.970. The number of rotatable bonds is 4. The third-order valence-corrected chi connectivity index (χ3v) is 4.44. The summed E-state index contributed by atoms with van der Waals surface area (Å²) < 4.78 is 1.55. The van der Waals surface area contributed by atoms with E-state index < -0.39 is 0 Å². The fourth-order valence-electron chi connectivity index (χ4n) is 2.32. The lowest BCUT2D eigenvalue weighted by atomic mass is 9.97. The minimum Gasteiger partial charge on any atom is -0.370 e. The number of aromatic nitrogens is 2. The van der Waals surface area contributed by atoms with Gasteiger partial charge >= 0.3 is 0 Å². The van der Waals surface area contributed by atoms with Crippen molar-refractivity contribution in [2.45, 2.75) is 39.7 Å². The van der Waals surface area contributed by atoms with Crippen molar-refractivity contribution in [2.24, 2.45) is 5.41 Å². The summed E-state index contributed by atoms with van der Waals surface area (Å²) in [5.41, 5.74) is 0.926. The minimum absolute atomic E-state index is 0.0158. The van der Waals surface area contributed by atoms with Crippen molar-refractivity contribution in [1.29, 1.82) is 0 Å². The van der Waals surface area contributed by atoms with E-state index in [1.807, 2.05) is 6.20 Å². The van der Waals surface area contributed by atoms with Gasteiger partial charge in [-0.1, -0.05) is 13.8 Å². The fourth-order valence-corrected chi connectivity index (χ4v) is 2.42. The fraction of sp³-hybridized carbons (Fsp3) is 0.714. The minimum atomic E-state index is -0.0213. The third kappa shape index (κ3) is 3.75. The summed E-state index contributed by atoms with van der Waals surface area (Å²) in [7, 11) is 0. The van der Waals surface area contributed by atoms with E-state index in [2.05, 4.69) is 36.5 Å². The van der Waals surface area contributed by atoms with Crippen LogP contribution in [0, 0.1) is 5.41 Å². The second kappa shape index (κ2) is 5.99. The molecule has 0 amide bonds. The van der Waals surface area contributed by atoms with Gasteiger partial charge in [0.2, 0.25) is 0 Å². The van der Waals surface area contributed by atoms with Gasteiger partial charge in [-0.3, -0.25) is 4.79 Å². The van der Waals surface area contributed by atoms with Crippen molar-refractivity contribution in [1.82, 2.24) is 9.78 Å². The highest BCUT2D eigenvalue weighted by atomic mass is 32.1. The Kier molecular flexibility index (Phi) is 4.55. The average Bonchev–Trinajstić information content (AvgIpc) is 2.42. The first kappa shape index (κ1) is 14.4. The Morgan fingerprint density at radius 1 is 1.32 bits per heavy atom. The number of thiol groups is 1. The molecular formula is C14H23N3OS. The van der Waals surface area contributed by atoms with Crippen molar-refractivity contribution in [2.75, 3.05) is 23.7 Å².